The van der Waals surface area contributed by atoms with Gasteiger partial charge in [0.1, 0.15) is 17.3 Å². The van der Waals surface area contributed by atoms with Crippen molar-refractivity contribution in [2.24, 2.45) is 0 Å². The van der Waals surface area contributed by atoms with Gasteiger partial charge in [0.25, 0.3) is 0 Å². The molecule has 1 fully saturated rings. The molecule has 3 aromatic rings. The van der Waals surface area contributed by atoms with Crippen LogP contribution in [0.3, 0.4) is 0 Å². The minimum absolute atomic E-state index is 0.306. The fourth-order valence-corrected chi connectivity index (χ4v) is 4.23. The molecule has 1 aliphatic heterocycles. The number of benzene rings is 2. The lowest BCUT2D eigenvalue weighted by Gasteiger charge is -2.27. The summed E-state index contributed by atoms with van der Waals surface area (Å²) < 4.78 is 32.1. The monoisotopic (exact) mass is 430 g/mol. The van der Waals surface area contributed by atoms with Gasteiger partial charge in [-0.1, -0.05) is 17.8 Å². The number of nitrogens with zero attached hydrogens (tertiary/aromatic N) is 4. The first-order valence-corrected chi connectivity index (χ1v) is 10.6. The van der Waals surface area contributed by atoms with Crippen molar-refractivity contribution >= 4 is 17.7 Å². The molecule has 1 aromatic heterocycles. The number of methoxy groups -OCH3 is 2. The van der Waals surface area contributed by atoms with E-state index in [4.69, 9.17) is 14.2 Å². The Balaban J connectivity index is 1.67. The van der Waals surface area contributed by atoms with E-state index < -0.39 is 0 Å². The van der Waals surface area contributed by atoms with E-state index in [0.717, 1.165) is 17.1 Å². The SMILES string of the molecule is COc1ccc(OC)c(CSc2nnc(N3CCOCC3)n2-c2cccc(F)c2)c1. The van der Waals surface area contributed by atoms with Crippen LogP contribution in [0.4, 0.5) is 10.3 Å². The zero-order valence-electron chi connectivity index (χ0n) is 16.9. The van der Waals surface area contributed by atoms with Crippen molar-refractivity contribution in [1.82, 2.24) is 14.8 Å². The molecule has 9 heteroatoms. The number of rotatable bonds is 7. The fourth-order valence-electron chi connectivity index (χ4n) is 3.30. The first kappa shape index (κ1) is 20.5. The van der Waals surface area contributed by atoms with Gasteiger partial charge >= 0.3 is 0 Å². The molecule has 0 radical (unpaired) electrons. The van der Waals surface area contributed by atoms with Crippen LogP contribution in [0.15, 0.2) is 47.6 Å². The maximum Gasteiger partial charge on any atom is 0.232 e. The first-order valence-electron chi connectivity index (χ1n) is 9.57. The van der Waals surface area contributed by atoms with Crippen molar-refractivity contribution in [2.75, 3.05) is 45.4 Å². The van der Waals surface area contributed by atoms with Gasteiger partial charge in [-0.3, -0.25) is 4.57 Å². The average Bonchev–Trinajstić information content (AvgIpc) is 3.22. The molecule has 0 spiro atoms. The fraction of sp³-hybridized carbons (Fsp3) is 0.333. The van der Waals surface area contributed by atoms with Gasteiger partial charge < -0.3 is 19.1 Å². The number of hydrogen-bond donors (Lipinski definition) is 0. The molecule has 0 N–H and O–H groups in total. The third kappa shape index (κ3) is 4.36. The minimum Gasteiger partial charge on any atom is -0.497 e. The summed E-state index contributed by atoms with van der Waals surface area (Å²) in [5.41, 5.74) is 1.66. The molecular formula is C21H23FN4O3S. The minimum atomic E-state index is -0.306. The number of ether oxygens (including phenoxy) is 3. The van der Waals surface area contributed by atoms with Crippen LogP contribution in [0, 0.1) is 5.82 Å². The predicted molar refractivity (Wildman–Crippen MR) is 113 cm³/mol. The Morgan fingerprint density at radius 1 is 1.07 bits per heavy atom. The van der Waals surface area contributed by atoms with Crippen LogP contribution in [-0.2, 0) is 10.5 Å². The second-order valence-electron chi connectivity index (χ2n) is 6.66. The summed E-state index contributed by atoms with van der Waals surface area (Å²) >= 11 is 1.51. The highest BCUT2D eigenvalue weighted by Gasteiger charge is 2.22. The lowest BCUT2D eigenvalue weighted by Crippen LogP contribution is -2.37. The Labute approximate surface area is 178 Å². The number of anilines is 1. The van der Waals surface area contributed by atoms with Crippen molar-refractivity contribution in [2.45, 2.75) is 10.9 Å². The molecule has 7 nitrogen and oxygen atoms in total. The lowest BCUT2D eigenvalue weighted by atomic mass is 10.2. The molecule has 158 valence electrons. The van der Waals surface area contributed by atoms with Crippen LogP contribution in [0.2, 0.25) is 0 Å². The van der Waals surface area contributed by atoms with Crippen molar-refractivity contribution in [3.05, 3.63) is 53.8 Å². The van der Waals surface area contributed by atoms with Gasteiger partial charge in [-0.25, -0.2) is 4.39 Å². The van der Waals surface area contributed by atoms with Crippen LogP contribution in [0.1, 0.15) is 5.56 Å². The van der Waals surface area contributed by atoms with Crippen LogP contribution in [-0.4, -0.2) is 55.3 Å². The van der Waals surface area contributed by atoms with E-state index >= 15 is 0 Å². The third-order valence-electron chi connectivity index (χ3n) is 4.82. The van der Waals surface area contributed by atoms with Gasteiger partial charge in [-0.05, 0) is 36.4 Å². The van der Waals surface area contributed by atoms with E-state index in [1.54, 1.807) is 20.3 Å². The number of thioether (sulfide) groups is 1. The van der Waals surface area contributed by atoms with Crippen molar-refractivity contribution in [3.63, 3.8) is 0 Å². The molecule has 0 saturated carbocycles. The largest absolute Gasteiger partial charge is 0.497 e. The van der Waals surface area contributed by atoms with Gasteiger partial charge in [0.2, 0.25) is 5.95 Å². The molecule has 2 aromatic carbocycles. The molecule has 0 bridgehead atoms. The normalized spacial score (nSPS) is 14.0. The van der Waals surface area contributed by atoms with Gasteiger partial charge in [-0.15, -0.1) is 10.2 Å². The van der Waals surface area contributed by atoms with E-state index in [2.05, 4.69) is 15.1 Å². The maximum atomic E-state index is 14.0. The lowest BCUT2D eigenvalue weighted by molar-refractivity contribution is 0.122. The standard InChI is InChI=1S/C21H23FN4O3S/c1-27-18-6-7-19(28-2)15(12-18)14-30-21-24-23-20(25-8-10-29-11-9-25)26(21)17-5-3-4-16(22)13-17/h3-7,12-13H,8-11,14H2,1-2H3. The van der Waals surface area contributed by atoms with Crippen LogP contribution in [0.5, 0.6) is 11.5 Å². The predicted octanol–water partition coefficient (Wildman–Crippen LogP) is 3.55. The molecule has 0 aliphatic carbocycles. The van der Waals surface area contributed by atoms with Crippen LogP contribution in [0.25, 0.3) is 5.69 Å². The molecule has 2 heterocycles. The highest BCUT2D eigenvalue weighted by atomic mass is 32.2. The molecule has 4 rings (SSSR count). The van der Waals surface area contributed by atoms with Crippen LogP contribution < -0.4 is 14.4 Å². The number of morpholine rings is 1. The molecular weight excluding hydrogens is 407 g/mol. The third-order valence-corrected chi connectivity index (χ3v) is 5.80. The maximum absolute atomic E-state index is 14.0. The summed E-state index contributed by atoms with van der Waals surface area (Å²) in [5, 5.41) is 9.50. The molecule has 1 saturated heterocycles. The van der Waals surface area contributed by atoms with E-state index in [1.165, 1.54) is 23.9 Å². The Hall–Kier alpha value is -2.78. The van der Waals surface area contributed by atoms with Gasteiger partial charge in [0.05, 0.1) is 33.1 Å². The highest BCUT2D eigenvalue weighted by Crippen LogP contribution is 2.33. The van der Waals surface area contributed by atoms with Crippen molar-refractivity contribution in [3.8, 4) is 17.2 Å². The smallest absolute Gasteiger partial charge is 0.232 e. The van der Waals surface area contributed by atoms with Crippen LogP contribution >= 0.6 is 11.8 Å². The number of halogens is 1. The van der Waals surface area contributed by atoms with Gasteiger partial charge in [0, 0.05) is 24.4 Å². The summed E-state index contributed by atoms with van der Waals surface area (Å²) in [6.45, 7) is 2.67. The summed E-state index contributed by atoms with van der Waals surface area (Å²) in [6, 6.07) is 12.1. The summed E-state index contributed by atoms with van der Waals surface area (Å²) in [6.07, 6.45) is 0. The van der Waals surface area contributed by atoms with Gasteiger partial charge in [-0.2, -0.15) is 0 Å². The quantitative estimate of drug-likeness (QED) is 0.531. The molecule has 0 atom stereocenters. The highest BCUT2D eigenvalue weighted by molar-refractivity contribution is 7.98. The second-order valence-corrected chi connectivity index (χ2v) is 7.61. The number of hydrogen-bond acceptors (Lipinski definition) is 7. The van der Waals surface area contributed by atoms with E-state index in [-0.39, 0.29) is 5.82 Å². The van der Waals surface area contributed by atoms with Crippen molar-refractivity contribution < 1.29 is 18.6 Å². The first-order chi connectivity index (χ1) is 14.7. The zero-order valence-corrected chi connectivity index (χ0v) is 17.7. The topological polar surface area (TPSA) is 61.6 Å². The molecule has 1 aliphatic rings. The Morgan fingerprint density at radius 3 is 2.63 bits per heavy atom. The van der Waals surface area contributed by atoms with E-state index in [9.17, 15) is 4.39 Å². The zero-order chi connectivity index (χ0) is 20.9. The molecule has 0 unspecified atom stereocenters. The second kappa shape index (κ2) is 9.36. The van der Waals surface area contributed by atoms with Gasteiger partial charge in [0.15, 0.2) is 5.16 Å². The summed E-state index contributed by atoms with van der Waals surface area (Å²) in [5.74, 6) is 2.50. The Morgan fingerprint density at radius 2 is 1.90 bits per heavy atom. The Kier molecular flexibility index (Phi) is 6.39. The Bertz CT molecular complexity index is 1010. The average molecular weight is 431 g/mol. The molecule has 0 amide bonds. The van der Waals surface area contributed by atoms with E-state index in [1.807, 2.05) is 28.8 Å². The van der Waals surface area contributed by atoms with E-state index in [0.29, 0.717) is 48.8 Å². The number of aromatic nitrogens is 3. The van der Waals surface area contributed by atoms with Crippen molar-refractivity contribution in [1.29, 1.82) is 0 Å². The summed E-state index contributed by atoms with van der Waals surface area (Å²) in [4.78, 5) is 2.11. The summed E-state index contributed by atoms with van der Waals surface area (Å²) in [7, 11) is 3.27. The molecule has 30 heavy (non-hydrogen) atoms.